The van der Waals surface area contributed by atoms with E-state index in [-0.39, 0.29) is 17.4 Å². The highest BCUT2D eigenvalue weighted by Gasteiger charge is 2.26. The third-order valence-electron chi connectivity index (χ3n) is 3.19. The van der Waals surface area contributed by atoms with E-state index in [9.17, 15) is 9.18 Å². The lowest BCUT2D eigenvalue weighted by Crippen LogP contribution is -2.41. The lowest BCUT2D eigenvalue weighted by Gasteiger charge is -2.31. The Kier molecular flexibility index (Phi) is 3.86. The number of aromatic nitrogens is 1. The van der Waals surface area contributed by atoms with Crippen molar-refractivity contribution >= 4 is 23.1 Å². The van der Waals surface area contributed by atoms with Gasteiger partial charge in [-0.25, -0.2) is 4.39 Å². The van der Waals surface area contributed by atoms with E-state index in [0.29, 0.717) is 18.1 Å². The Hall–Kier alpha value is -1.56. The molecule has 2 rings (SSSR count). The molecule has 96 valence electrons. The van der Waals surface area contributed by atoms with Gasteiger partial charge in [0.25, 0.3) is 5.91 Å². The van der Waals surface area contributed by atoms with Gasteiger partial charge < -0.3 is 10.6 Å². The summed E-state index contributed by atoms with van der Waals surface area (Å²) in [5.41, 5.74) is 5.65. The number of pyridine rings is 1. The maximum absolute atomic E-state index is 13.4. The minimum absolute atomic E-state index is 0.0683. The lowest BCUT2D eigenvalue weighted by molar-refractivity contribution is 0.0705. The van der Waals surface area contributed by atoms with Crippen molar-refractivity contribution < 1.29 is 9.18 Å². The molecule has 0 radical (unpaired) electrons. The fourth-order valence-corrected chi connectivity index (χ4v) is 2.32. The normalized spacial score (nSPS) is 16.6. The quantitative estimate of drug-likeness (QED) is 0.822. The largest absolute Gasteiger partial charge is 0.393 e. The van der Waals surface area contributed by atoms with Crippen molar-refractivity contribution in [3.63, 3.8) is 0 Å². The van der Waals surface area contributed by atoms with Crippen LogP contribution < -0.4 is 5.73 Å². The van der Waals surface area contributed by atoms with E-state index in [1.165, 1.54) is 12.3 Å². The van der Waals surface area contributed by atoms with Crippen LogP contribution in [0.3, 0.4) is 0 Å². The number of nitrogens with two attached hydrogens (primary N) is 1. The van der Waals surface area contributed by atoms with Crippen LogP contribution in [0.25, 0.3) is 0 Å². The Bertz CT molecular complexity index is 472. The van der Waals surface area contributed by atoms with Crippen molar-refractivity contribution in [3.8, 4) is 0 Å². The smallest absolute Gasteiger partial charge is 0.256 e. The first kappa shape index (κ1) is 12.9. The number of carbonyl (C=O) groups is 1. The molecule has 1 saturated heterocycles. The molecule has 0 aliphatic carbocycles. The predicted molar refractivity (Wildman–Crippen MR) is 69.6 cm³/mol. The van der Waals surface area contributed by atoms with E-state index in [4.69, 9.17) is 18.0 Å². The summed E-state index contributed by atoms with van der Waals surface area (Å²) >= 11 is 4.94. The second-order valence-corrected chi connectivity index (χ2v) is 4.80. The van der Waals surface area contributed by atoms with Crippen LogP contribution in [0.1, 0.15) is 23.2 Å². The van der Waals surface area contributed by atoms with E-state index in [0.717, 1.165) is 19.0 Å². The second kappa shape index (κ2) is 5.39. The number of carbonyl (C=O) groups excluding carboxylic acids is 1. The molecule has 0 atom stereocenters. The molecule has 1 amide bonds. The molecule has 18 heavy (non-hydrogen) atoms. The minimum atomic E-state index is -0.584. The van der Waals surface area contributed by atoms with Crippen molar-refractivity contribution in [3.05, 3.63) is 29.8 Å². The van der Waals surface area contributed by atoms with Crippen molar-refractivity contribution in [2.45, 2.75) is 12.8 Å². The van der Waals surface area contributed by atoms with E-state index in [2.05, 4.69) is 4.98 Å². The molecule has 4 nitrogen and oxygen atoms in total. The number of likely N-dealkylation sites (tertiary alicyclic amines) is 1. The summed E-state index contributed by atoms with van der Waals surface area (Å²) in [5.74, 6) is -0.693. The predicted octanol–water partition coefficient (Wildman–Crippen LogP) is 1.36. The average Bonchev–Trinajstić information content (AvgIpc) is 2.38. The number of amides is 1. The monoisotopic (exact) mass is 267 g/mol. The lowest BCUT2D eigenvalue weighted by atomic mass is 9.96. The van der Waals surface area contributed by atoms with Crippen LogP contribution in [0.4, 0.5) is 4.39 Å². The Labute approximate surface area is 110 Å². The Balaban J connectivity index is 2.04. The Morgan fingerprint density at radius 2 is 2.17 bits per heavy atom. The molecule has 1 aromatic heterocycles. The van der Waals surface area contributed by atoms with E-state index < -0.39 is 5.82 Å². The highest BCUT2D eigenvalue weighted by Crippen LogP contribution is 2.19. The first-order chi connectivity index (χ1) is 8.59. The molecule has 2 N–H and O–H groups in total. The molecule has 1 aromatic rings. The summed E-state index contributed by atoms with van der Waals surface area (Å²) in [6, 6.07) is 1.40. The van der Waals surface area contributed by atoms with Crippen molar-refractivity contribution in [2.75, 3.05) is 13.1 Å². The molecule has 1 aliphatic heterocycles. The average molecular weight is 267 g/mol. The molecule has 2 heterocycles. The van der Waals surface area contributed by atoms with Crippen molar-refractivity contribution in [1.29, 1.82) is 0 Å². The summed E-state index contributed by atoms with van der Waals surface area (Å²) in [5, 5.41) is 0. The highest BCUT2D eigenvalue weighted by molar-refractivity contribution is 7.80. The van der Waals surface area contributed by atoms with Crippen LogP contribution in [0.2, 0.25) is 0 Å². The Morgan fingerprint density at radius 1 is 1.50 bits per heavy atom. The summed E-state index contributed by atoms with van der Waals surface area (Å²) < 4.78 is 13.4. The third kappa shape index (κ3) is 2.64. The molecule has 1 aliphatic rings. The Morgan fingerprint density at radius 3 is 2.72 bits per heavy atom. The number of thiocarbonyl (C=S) groups is 1. The zero-order valence-electron chi connectivity index (χ0n) is 9.80. The van der Waals surface area contributed by atoms with Gasteiger partial charge in [-0.3, -0.25) is 9.78 Å². The fraction of sp³-hybridized carbons (Fsp3) is 0.417. The van der Waals surface area contributed by atoms with Gasteiger partial charge in [0.05, 0.1) is 16.7 Å². The van der Waals surface area contributed by atoms with Gasteiger partial charge in [-0.05, 0) is 18.9 Å². The van der Waals surface area contributed by atoms with Crippen LogP contribution >= 0.6 is 12.2 Å². The van der Waals surface area contributed by atoms with Crippen molar-refractivity contribution in [1.82, 2.24) is 9.88 Å². The van der Waals surface area contributed by atoms with Gasteiger partial charge >= 0.3 is 0 Å². The van der Waals surface area contributed by atoms with Gasteiger partial charge in [-0.15, -0.1) is 0 Å². The first-order valence-corrected chi connectivity index (χ1v) is 6.18. The minimum Gasteiger partial charge on any atom is -0.393 e. The summed E-state index contributed by atoms with van der Waals surface area (Å²) in [6.07, 6.45) is 3.95. The molecule has 0 spiro atoms. The first-order valence-electron chi connectivity index (χ1n) is 5.77. The van der Waals surface area contributed by atoms with E-state index in [1.54, 1.807) is 4.90 Å². The molecule has 6 heteroatoms. The van der Waals surface area contributed by atoms with Gasteiger partial charge in [0.1, 0.15) is 0 Å². The maximum atomic E-state index is 13.4. The zero-order valence-corrected chi connectivity index (χ0v) is 10.6. The van der Waals surface area contributed by atoms with E-state index in [1.807, 2.05) is 0 Å². The summed E-state index contributed by atoms with van der Waals surface area (Å²) in [7, 11) is 0. The molecule has 0 aromatic carbocycles. The maximum Gasteiger partial charge on any atom is 0.256 e. The second-order valence-electron chi connectivity index (χ2n) is 4.32. The van der Waals surface area contributed by atoms with Crippen LogP contribution in [-0.4, -0.2) is 33.9 Å². The van der Waals surface area contributed by atoms with Crippen LogP contribution in [-0.2, 0) is 0 Å². The highest BCUT2D eigenvalue weighted by atomic mass is 32.1. The number of piperidine rings is 1. The SMILES string of the molecule is NC(=S)C1CCN(C(=O)c2ccncc2F)CC1. The molecule has 0 unspecified atom stereocenters. The van der Waals surface area contributed by atoms with Crippen molar-refractivity contribution in [2.24, 2.45) is 11.7 Å². The number of hydrogen-bond donors (Lipinski definition) is 1. The molecule has 1 fully saturated rings. The molecular weight excluding hydrogens is 253 g/mol. The zero-order chi connectivity index (χ0) is 13.1. The molecule has 0 bridgehead atoms. The van der Waals surface area contributed by atoms with Gasteiger partial charge in [-0.2, -0.15) is 0 Å². The summed E-state index contributed by atoms with van der Waals surface area (Å²) in [4.78, 5) is 17.8. The van der Waals surface area contributed by atoms with Crippen LogP contribution in [0.15, 0.2) is 18.5 Å². The topological polar surface area (TPSA) is 59.2 Å². The number of rotatable bonds is 2. The molecular formula is C12H14FN3OS. The number of nitrogens with zero attached hydrogens (tertiary/aromatic N) is 2. The van der Waals surface area contributed by atoms with Gasteiger partial charge in [0.15, 0.2) is 5.82 Å². The van der Waals surface area contributed by atoms with E-state index >= 15 is 0 Å². The third-order valence-corrected chi connectivity index (χ3v) is 3.52. The van der Waals surface area contributed by atoms with Gasteiger partial charge in [-0.1, -0.05) is 12.2 Å². The number of halogens is 1. The van der Waals surface area contributed by atoms with Crippen LogP contribution in [0, 0.1) is 11.7 Å². The number of hydrogen-bond acceptors (Lipinski definition) is 3. The summed E-state index contributed by atoms with van der Waals surface area (Å²) in [6.45, 7) is 1.12. The fourth-order valence-electron chi connectivity index (χ4n) is 2.09. The van der Waals surface area contributed by atoms with Gasteiger partial charge in [0, 0.05) is 25.2 Å². The molecule has 0 saturated carbocycles. The standard InChI is InChI=1S/C12H14FN3OS/c13-10-7-15-4-1-9(10)12(17)16-5-2-8(3-6-16)11(14)18/h1,4,7-8H,2-3,5-6H2,(H2,14,18). The van der Waals surface area contributed by atoms with Gasteiger partial charge in [0.2, 0.25) is 0 Å². The van der Waals surface area contributed by atoms with Crippen LogP contribution in [0.5, 0.6) is 0 Å².